The van der Waals surface area contributed by atoms with E-state index in [4.69, 9.17) is 5.11 Å². The van der Waals surface area contributed by atoms with Crippen molar-refractivity contribution in [3.63, 3.8) is 0 Å². The zero-order valence-corrected chi connectivity index (χ0v) is 18.1. The number of carboxylic acids is 1. The molecule has 150 valence electrons. The van der Waals surface area contributed by atoms with Crippen molar-refractivity contribution in [3.8, 4) is 0 Å². The van der Waals surface area contributed by atoms with Crippen LogP contribution in [-0.4, -0.2) is 16.3 Å². The molecule has 1 aliphatic rings. The van der Waals surface area contributed by atoms with Crippen molar-refractivity contribution in [2.24, 2.45) is 0 Å². The van der Waals surface area contributed by atoms with Crippen molar-refractivity contribution < 1.29 is 9.90 Å². The van der Waals surface area contributed by atoms with Crippen LogP contribution < -0.4 is 15.9 Å². The second kappa shape index (κ2) is 12.0. The zero-order chi connectivity index (χ0) is 21.0. The van der Waals surface area contributed by atoms with Crippen molar-refractivity contribution in [2.75, 3.05) is 0 Å². The van der Waals surface area contributed by atoms with Gasteiger partial charge in [0.05, 0.1) is 0 Å². The number of rotatable bonds is 4. The molecule has 2 nitrogen and oxygen atoms in total. The maximum Gasteiger partial charge on any atom is 0.320 e. The van der Waals surface area contributed by atoms with Gasteiger partial charge in [-0.05, 0) is 29.2 Å². The molecule has 3 aromatic carbocycles. The summed E-state index contributed by atoms with van der Waals surface area (Å²) in [4.78, 5) is 10.5. The number of allylic oxidation sites excluding steroid dienone is 4. The highest BCUT2D eigenvalue weighted by molar-refractivity contribution is 8.03. The SMILES string of the molecule is O=C(O)C1C=CC=CC=CS1.c1ccc(P(c2ccccc2)c2ccccc2)cc1. The summed E-state index contributed by atoms with van der Waals surface area (Å²) in [6.07, 6.45) is 8.90. The lowest BCUT2D eigenvalue weighted by Crippen LogP contribution is -2.20. The topological polar surface area (TPSA) is 37.3 Å². The van der Waals surface area contributed by atoms with E-state index in [1.54, 1.807) is 17.6 Å². The van der Waals surface area contributed by atoms with Crippen molar-refractivity contribution in [1.82, 2.24) is 0 Å². The molecule has 1 unspecified atom stereocenters. The molecule has 1 N–H and O–H groups in total. The zero-order valence-electron chi connectivity index (χ0n) is 16.4. The first kappa shape index (κ1) is 21.8. The molecule has 0 bridgehead atoms. The molecule has 0 saturated heterocycles. The second-order valence-corrected chi connectivity index (χ2v) is 9.61. The molecule has 0 saturated carbocycles. The maximum absolute atomic E-state index is 10.5. The molecule has 1 atom stereocenters. The Bertz CT molecular complexity index is 905. The van der Waals surface area contributed by atoms with Crippen molar-refractivity contribution in [2.45, 2.75) is 5.25 Å². The molecule has 0 aliphatic carbocycles. The Morgan fingerprint density at radius 1 is 0.667 bits per heavy atom. The Morgan fingerprint density at radius 3 is 1.53 bits per heavy atom. The van der Waals surface area contributed by atoms with E-state index in [0.29, 0.717) is 0 Å². The van der Waals surface area contributed by atoms with Crippen LogP contribution in [0.2, 0.25) is 0 Å². The van der Waals surface area contributed by atoms with Gasteiger partial charge in [-0.2, -0.15) is 0 Å². The van der Waals surface area contributed by atoms with Gasteiger partial charge in [0.1, 0.15) is 5.25 Å². The monoisotopic (exact) mass is 430 g/mol. The minimum absolute atomic E-state index is 0.446. The third-order valence-corrected chi connectivity index (χ3v) is 7.62. The summed E-state index contributed by atoms with van der Waals surface area (Å²) in [6.45, 7) is 0. The Labute approximate surface area is 183 Å². The largest absolute Gasteiger partial charge is 0.480 e. The van der Waals surface area contributed by atoms with Gasteiger partial charge in [0, 0.05) is 0 Å². The standard InChI is InChI=1S/C18H15P.C8H8O2S/c1-4-10-16(11-5-1)19(17-12-6-2-7-13-17)18-14-8-3-9-15-18;9-8(10)7-5-3-1-2-4-6-11-7/h1-15H;1-7H,(H,9,10). The Morgan fingerprint density at radius 2 is 1.10 bits per heavy atom. The Hall–Kier alpha value is -2.87. The minimum atomic E-state index is -0.800. The molecule has 0 radical (unpaired) electrons. The summed E-state index contributed by atoms with van der Waals surface area (Å²) in [5, 5.41) is 14.1. The lowest BCUT2D eigenvalue weighted by Gasteiger charge is -2.18. The third kappa shape index (κ3) is 6.59. The number of hydrogen-bond donors (Lipinski definition) is 1. The van der Waals surface area contributed by atoms with E-state index in [1.807, 2.05) is 18.2 Å². The lowest BCUT2D eigenvalue weighted by molar-refractivity contribution is -0.135. The summed E-state index contributed by atoms with van der Waals surface area (Å²) in [5.74, 6) is -0.800. The van der Waals surface area contributed by atoms with Gasteiger partial charge >= 0.3 is 5.97 Å². The summed E-state index contributed by atoms with van der Waals surface area (Å²) < 4.78 is 0. The first-order valence-electron chi connectivity index (χ1n) is 9.59. The van der Waals surface area contributed by atoms with Crippen LogP contribution in [0.4, 0.5) is 0 Å². The number of benzene rings is 3. The molecule has 0 fully saturated rings. The predicted molar refractivity (Wildman–Crippen MR) is 132 cm³/mol. The van der Waals surface area contributed by atoms with Crippen molar-refractivity contribution >= 4 is 41.6 Å². The van der Waals surface area contributed by atoms with Crippen LogP contribution in [0, 0.1) is 0 Å². The van der Waals surface area contributed by atoms with Crippen molar-refractivity contribution in [1.29, 1.82) is 0 Å². The van der Waals surface area contributed by atoms with Gasteiger partial charge in [0.2, 0.25) is 0 Å². The van der Waals surface area contributed by atoms with Crippen LogP contribution in [0.15, 0.2) is 127 Å². The molecule has 0 amide bonds. The summed E-state index contributed by atoms with van der Waals surface area (Å²) in [7, 11) is -0.446. The van der Waals surface area contributed by atoms with Crippen LogP contribution in [0.3, 0.4) is 0 Å². The van der Waals surface area contributed by atoms with Crippen LogP contribution in [0.1, 0.15) is 0 Å². The van der Waals surface area contributed by atoms with E-state index in [2.05, 4.69) is 91.0 Å². The van der Waals surface area contributed by atoms with Gasteiger partial charge in [-0.3, -0.25) is 4.79 Å². The van der Waals surface area contributed by atoms with Crippen LogP contribution in [-0.2, 0) is 4.79 Å². The van der Waals surface area contributed by atoms with Crippen LogP contribution in [0.25, 0.3) is 0 Å². The second-order valence-electron chi connectivity index (χ2n) is 6.34. The molecule has 4 heteroatoms. The molecule has 0 spiro atoms. The fourth-order valence-electron chi connectivity index (χ4n) is 2.83. The Balaban J connectivity index is 0.000000199. The lowest BCUT2D eigenvalue weighted by atomic mass is 10.3. The van der Waals surface area contributed by atoms with E-state index in [9.17, 15) is 4.79 Å². The number of hydrogen-bond acceptors (Lipinski definition) is 2. The number of carboxylic acid groups (broad SMARTS) is 1. The maximum atomic E-state index is 10.5. The number of thioether (sulfide) groups is 1. The highest BCUT2D eigenvalue weighted by atomic mass is 32.2. The van der Waals surface area contributed by atoms with E-state index in [0.717, 1.165) is 0 Å². The van der Waals surface area contributed by atoms with E-state index >= 15 is 0 Å². The van der Waals surface area contributed by atoms with Gasteiger partial charge in [0.15, 0.2) is 0 Å². The van der Waals surface area contributed by atoms with Gasteiger partial charge in [-0.1, -0.05) is 121 Å². The number of aliphatic carboxylic acids is 1. The number of carbonyl (C=O) groups is 1. The minimum Gasteiger partial charge on any atom is -0.480 e. The first-order chi connectivity index (χ1) is 14.8. The molecule has 1 heterocycles. The fourth-order valence-corrected chi connectivity index (χ4v) is 5.79. The fraction of sp³-hybridized carbons (Fsp3) is 0.0385. The van der Waals surface area contributed by atoms with Gasteiger partial charge < -0.3 is 5.11 Å². The molecule has 0 aromatic heterocycles. The van der Waals surface area contributed by atoms with Gasteiger partial charge in [0.25, 0.3) is 0 Å². The first-order valence-corrected chi connectivity index (χ1v) is 11.9. The van der Waals surface area contributed by atoms with Crippen molar-refractivity contribution in [3.05, 3.63) is 127 Å². The summed E-state index contributed by atoms with van der Waals surface area (Å²) in [5.41, 5.74) is 0. The van der Waals surface area contributed by atoms with Crippen LogP contribution >= 0.6 is 19.7 Å². The summed E-state index contributed by atoms with van der Waals surface area (Å²) >= 11 is 1.29. The molecular weight excluding hydrogens is 407 g/mol. The Kier molecular flexibility index (Phi) is 8.71. The average molecular weight is 431 g/mol. The van der Waals surface area contributed by atoms with Crippen LogP contribution in [0.5, 0.6) is 0 Å². The van der Waals surface area contributed by atoms with E-state index < -0.39 is 19.1 Å². The van der Waals surface area contributed by atoms with Gasteiger partial charge in [-0.15, -0.1) is 11.8 Å². The highest BCUT2D eigenvalue weighted by Gasteiger charge is 2.15. The molecular formula is C26H23O2PS. The molecule has 3 aromatic rings. The third-order valence-electron chi connectivity index (χ3n) is 4.21. The summed E-state index contributed by atoms with van der Waals surface area (Å²) in [6, 6.07) is 32.3. The quantitative estimate of drug-likeness (QED) is 0.574. The molecule has 4 rings (SSSR count). The van der Waals surface area contributed by atoms with E-state index in [-0.39, 0.29) is 0 Å². The van der Waals surface area contributed by atoms with E-state index in [1.165, 1.54) is 27.7 Å². The predicted octanol–water partition coefficient (Wildman–Crippen LogP) is 5.26. The average Bonchev–Trinajstić information content (AvgIpc) is 2.76. The normalized spacial score (nSPS) is 15.0. The van der Waals surface area contributed by atoms with Gasteiger partial charge in [-0.25, -0.2) is 0 Å². The molecule has 30 heavy (non-hydrogen) atoms. The smallest absolute Gasteiger partial charge is 0.320 e. The highest BCUT2D eigenvalue weighted by Crippen LogP contribution is 2.32. The molecule has 1 aliphatic heterocycles.